The molecule has 0 fully saturated rings. The zero-order chi connectivity index (χ0) is 14.6. The van der Waals surface area contributed by atoms with E-state index in [0.29, 0.717) is 17.9 Å². The number of carbonyl (C=O) groups excluding carboxylic acids is 1. The van der Waals surface area contributed by atoms with E-state index >= 15 is 0 Å². The molecule has 1 aromatic heterocycles. The summed E-state index contributed by atoms with van der Waals surface area (Å²) in [4.78, 5) is 15.9. The number of amides is 1. The fourth-order valence-electron chi connectivity index (χ4n) is 1.55. The highest BCUT2D eigenvalue weighted by Crippen LogP contribution is 2.16. The number of nitrogens with one attached hydrogen (secondary N) is 1. The van der Waals surface area contributed by atoms with E-state index in [4.69, 9.17) is 5.11 Å². The van der Waals surface area contributed by atoms with Crippen molar-refractivity contribution in [2.45, 2.75) is 13.8 Å². The molecule has 0 radical (unpaired) electrons. The lowest BCUT2D eigenvalue weighted by atomic mass is 9.95. The van der Waals surface area contributed by atoms with Crippen LogP contribution in [0.3, 0.4) is 0 Å². The molecule has 1 heterocycles. The molecule has 20 heavy (non-hydrogen) atoms. The van der Waals surface area contributed by atoms with Gasteiger partial charge in [-0.15, -0.1) is 0 Å². The maximum Gasteiger partial charge on any atom is 0.251 e. The smallest absolute Gasteiger partial charge is 0.251 e. The second kappa shape index (κ2) is 5.83. The highest BCUT2D eigenvalue weighted by molar-refractivity contribution is 5.94. The molecular formula is C14H17N3O3. The summed E-state index contributed by atoms with van der Waals surface area (Å²) in [5, 5.41) is 15.7. The average molecular weight is 275 g/mol. The molecule has 2 aromatic rings. The molecule has 0 aliphatic carbocycles. The van der Waals surface area contributed by atoms with Crippen molar-refractivity contribution in [1.29, 1.82) is 0 Å². The van der Waals surface area contributed by atoms with Gasteiger partial charge in [0.25, 0.3) is 5.91 Å². The van der Waals surface area contributed by atoms with Crippen LogP contribution >= 0.6 is 0 Å². The van der Waals surface area contributed by atoms with E-state index in [1.807, 2.05) is 13.8 Å². The summed E-state index contributed by atoms with van der Waals surface area (Å²) in [5.74, 6) is 0.310. The number of hydrogen-bond donors (Lipinski definition) is 2. The van der Waals surface area contributed by atoms with Crippen molar-refractivity contribution in [1.82, 2.24) is 15.5 Å². The van der Waals surface area contributed by atoms with Gasteiger partial charge in [0.1, 0.15) is 0 Å². The molecule has 0 bridgehead atoms. The zero-order valence-electron chi connectivity index (χ0n) is 11.5. The fourth-order valence-corrected chi connectivity index (χ4v) is 1.55. The van der Waals surface area contributed by atoms with Gasteiger partial charge in [-0.05, 0) is 12.1 Å². The Hall–Kier alpha value is -2.21. The Morgan fingerprint density at radius 1 is 1.35 bits per heavy atom. The molecular weight excluding hydrogens is 258 g/mol. The number of rotatable bonds is 5. The molecule has 0 spiro atoms. The molecule has 0 aliphatic heterocycles. The fraction of sp³-hybridized carbons (Fsp3) is 0.357. The summed E-state index contributed by atoms with van der Waals surface area (Å²) in [6.45, 7) is 4.19. The van der Waals surface area contributed by atoms with E-state index < -0.39 is 0 Å². The highest BCUT2D eigenvalue weighted by atomic mass is 16.5. The lowest BCUT2D eigenvalue weighted by Crippen LogP contribution is -2.36. The molecule has 2 rings (SSSR count). The van der Waals surface area contributed by atoms with E-state index in [0.717, 1.165) is 5.56 Å². The van der Waals surface area contributed by atoms with Gasteiger partial charge in [0.15, 0.2) is 0 Å². The monoisotopic (exact) mass is 275 g/mol. The van der Waals surface area contributed by atoms with Crippen LogP contribution in [-0.4, -0.2) is 34.3 Å². The second-order valence-corrected chi connectivity index (χ2v) is 5.34. The maximum atomic E-state index is 12.0. The topological polar surface area (TPSA) is 88.2 Å². The number of aromatic nitrogens is 2. The Morgan fingerprint density at radius 2 is 2.05 bits per heavy atom. The quantitative estimate of drug-likeness (QED) is 0.863. The largest absolute Gasteiger partial charge is 0.396 e. The Labute approximate surface area is 116 Å². The van der Waals surface area contributed by atoms with E-state index in [-0.39, 0.29) is 17.9 Å². The summed E-state index contributed by atoms with van der Waals surface area (Å²) in [5.41, 5.74) is 0.997. The van der Waals surface area contributed by atoms with E-state index in [9.17, 15) is 4.79 Å². The van der Waals surface area contributed by atoms with Crippen LogP contribution in [0.1, 0.15) is 24.2 Å². The van der Waals surface area contributed by atoms with Gasteiger partial charge in [0.2, 0.25) is 12.2 Å². The summed E-state index contributed by atoms with van der Waals surface area (Å²) < 4.78 is 4.67. The molecule has 1 amide bonds. The molecule has 106 valence electrons. The Morgan fingerprint density at radius 3 is 2.60 bits per heavy atom. The summed E-state index contributed by atoms with van der Waals surface area (Å²) >= 11 is 0. The first-order chi connectivity index (χ1) is 9.52. The standard InChI is InChI=1S/C14H17N3O3/c1-14(2,8-18)7-15-13(19)11-5-3-10(4-6-11)12-16-9-20-17-12/h3-6,9,18H,7-8H2,1-2H3,(H,15,19). The molecule has 6 heteroatoms. The van der Waals surface area contributed by atoms with Crippen molar-refractivity contribution in [3.8, 4) is 11.4 Å². The molecule has 0 atom stereocenters. The summed E-state index contributed by atoms with van der Waals surface area (Å²) in [7, 11) is 0. The minimum Gasteiger partial charge on any atom is -0.396 e. The van der Waals surface area contributed by atoms with Crippen LogP contribution < -0.4 is 5.32 Å². The lowest BCUT2D eigenvalue weighted by Gasteiger charge is -2.21. The van der Waals surface area contributed by atoms with E-state index in [1.54, 1.807) is 24.3 Å². The first-order valence-electron chi connectivity index (χ1n) is 6.28. The normalized spacial score (nSPS) is 11.3. The van der Waals surface area contributed by atoms with Crippen LogP contribution in [0.2, 0.25) is 0 Å². The van der Waals surface area contributed by atoms with Gasteiger partial charge < -0.3 is 14.9 Å². The Kier molecular flexibility index (Phi) is 4.14. The molecule has 1 aromatic carbocycles. The van der Waals surface area contributed by atoms with Gasteiger partial charge in [-0.25, -0.2) is 0 Å². The van der Waals surface area contributed by atoms with Crippen molar-refractivity contribution in [3.05, 3.63) is 36.2 Å². The number of nitrogens with zero attached hydrogens (tertiary/aromatic N) is 2. The van der Waals surface area contributed by atoms with Crippen molar-refractivity contribution >= 4 is 5.91 Å². The van der Waals surface area contributed by atoms with Crippen LogP contribution in [0, 0.1) is 5.41 Å². The number of benzene rings is 1. The molecule has 0 unspecified atom stereocenters. The second-order valence-electron chi connectivity index (χ2n) is 5.34. The third-order valence-corrected chi connectivity index (χ3v) is 2.92. The molecule has 2 N–H and O–H groups in total. The van der Waals surface area contributed by atoms with Crippen LogP contribution in [0.5, 0.6) is 0 Å². The van der Waals surface area contributed by atoms with Gasteiger partial charge in [-0.2, -0.15) is 4.98 Å². The SMILES string of the molecule is CC(C)(CO)CNC(=O)c1ccc(-c2ncon2)cc1. The lowest BCUT2D eigenvalue weighted by molar-refractivity contribution is 0.0911. The Balaban J connectivity index is 2.01. The van der Waals surface area contributed by atoms with Gasteiger partial charge in [-0.3, -0.25) is 4.79 Å². The van der Waals surface area contributed by atoms with Gasteiger partial charge in [0, 0.05) is 29.7 Å². The summed E-state index contributed by atoms with van der Waals surface area (Å²) in [6, 6.07) is 6.92. The van der Waals surface area contributed by atoms with Gasteiger partial charge >= 0.3 is 0 Å². The zero-order valence-corrected chi connectivity index (χ0v) is 11.5. The van der Waals surface area contributed by atoms with Gasteiger partial charge in [0.05, 0.1) is 0 Å². The van der Waals surface area contributed by atoms with Crippen molar-refractivity contribution in [2.24, 2.45) is 5.41 Å². The third-order valence-electron chi connectivity index (χ3n) is 2.92. The third kappa shape index (κ3) is 3.42. The van der Waals surface area contributed by atoms with Crippen LogP contribution in [-0.2, 0) is 0 Å². The maximum absolute atomic E-state index is 12.0. The highest BCUT2D eigenvalue weighted by Gasteiger charge is 2.18. The Bertz CT molecular complexity index is 562. The summed E-state index contributed by atoms with van der Waals surface area (Å²) in [6.07, 6.45) is 1.26. The van der Waals surface area contributed by atoms with Crippen LogP contribution in [0.15, 0.2) is 35.2 Å². The number of carbonyl (C=O) groups is 1. The first kappa shape index (κ1) is 14.2. The van der Waals surface area contributed by atoms with Crippen LogP contribution in [0.4, 0.5) is 0 Å². The number of aliphatic hydroxyl groups excluding tert-OH is 1. The van der Waals surface area contributed by atoms with Crippen molar-refractivity contribution in [3.63, 3.8) is 0 Å². The molecule has 0 saturated heterocycles. The van der Waals surface area contributed by atoms with Gasteiger partial charge in [-0.1, -0.05) is 31.1 Å². The molecule has 6 nitrogen and oxygen atoms in total. The number of aliphatic hydroxyl groups is 1. The van der Waals surface area contributed by atoms with E-state index in [2.05, 4.69) is 20.0 Å². The first-order valence-corrected chi connectivity index (χ1v) is 6.28. The minimum atomic E-state index is -0.333. The van der Waals surface area contributed by atoms with E-state index in [1.165, 1.54) is 6.39 Å². The molecule has 0 aliphatic rings. The average Bonchev–Trinajstić information content (AvgIpc) is 2.99. The minimum absolute atomic E-state index is 0.0179. The van der Waals surface area contributed by atoms with Crippen LogP contribution in [0.25, 0.3) is 11.4 Å². The van der Waals surface area contributed by atoms with Crippen molar-refractivity contribution < 1.29 is 14.4 Å². The predicted molar refractivity (Wildman–Crippen MR) is 72.9 cm³/mol. The molecule has 0 saturated carbocycles. The van der Waals surface area contributed by atoms with Crippen molar-refractivity contribution in [2.75, 3.05) is 13.2 Å². The number of hydrogen-bond acceptors (Lipinski definition) is 5. The predicted octanol–water partition coefficient (Wildman–Crippen LogP) is 1.48.